The number of halogens is 1. The molecule has 0 saturated heterocycles. The number of methoxy groups -OCH3 is 1. The number of esters is 1. The highest BCUT2D eigenvalue weighted by Crippen LogP contribution is 2.34. The third-order valence-corrected chi connectivity index (χ3v) is 3.68. The molecule has 2 N–H and O–H groups in total. The highest BCUT2D eigenvalue weighted by Gasteiger charge is 2.07. The Morgan fingerprint density at radius 3 is 2.67 bits per heavy atom. The summed E-state index contributed by atoms with van der Waals surface area (Å²) in [6.07, 6.45) is 1.59. The van der Waals surface area contributed by atoms with Crippen molar-refractivity contribution in [2.24, 2.45) is 5.10 Å². The first-order valence-electron chi connectivity index (χ1n) is 7.18. The third-order valence-electron chi connectivity index (χ3n) is 3.07. The van der Waals surface area contributed by atoms with Crippen molar-refractivity contribution in [1.29, 1.82) is 0 Å². The van der Waals surface area contributed by atoms with E-state index >= 15 is 0 Å². The number of benzene rings is 2. The van der Waals surface area contributed by atoms with Gasteiger partial charge in [-0.05, 0) is 64.8 Å². The molecule has 0 unspecified atom stereocenters. The third kappa shape index (κ3) is 4.48. The van der Waals surface area contributed by atoms with Crippen LogP contribution in [0.3, 0.4) is 0 Å². The summed E-state index contributed by atoms with van der Waals surface area (Å²) in [7, 11) is 1.48. The molecule has 2 aromatic rings. The zero-order valence-corrected chi connectivity index (χ0v) is 14.8. The molecule has 0 heterocycles. The molecular formula is C17H17BrN2O4. The minimum Gasteiger partial charge on any atom is -0.503 e. The molecule has 0 bridgehead atoms. The standard InChI is InChI=1S/C17H17BrN2O4/c1-3-24-17(22)12-4-6-13(7-5-12)20-19-10-11-8-14(18)16(21)15(9-11)23-2/h4-10,20-21H,3H2,1-2H3/b19-10+. The van der Waals surface area contributed by atoms with Crippen molar-refractivity contribution in [3.63, 3.8) is 0 Å². The van der Waals surface area contributed by atoms with Gasteiger partial charge in [0.05, 0.1) is 35.7 Å². The SMILES string of the molecule is CCOC(=O)c1ccc(N/N=C/c2cc(Br)c(O)c(OC)c2)cc1. The van der Waals surface area contributed by atoms with Crippen LogP contribution in [-0.4, -0.2) is 31.0 Å². The molecule has 0 radical (unpaired) electrons. The number of phenolic OH excluding ortho intramolecular Hbond substituents is 1. The summed E-state index contributed by atoms with van der Waals surface area (Å²) in [5, 5.41) is 13.9. The molecule has 2 aromatic carbocycles. The van der Waals surface area contributed by atoms with Crippen LogP contribution in [0, 0.1) is 0 Å². The number of hydrogen-bond donors (Lipinski definition) is 2. The number of rotatable bonds is 6. The number of anilines is 1. The Balaban J connectivity index is 2.04. The van der Waals surface area contributed by atoms with Crippen molar-refractivity contribution >= 4 is 33.8 Å². The molecule has 24 heavy (non-hydrogen) atoms. The predicted molar refractivity (Wildman–Crippen MR) is 96.0 cm³/mol. The molecule has 7 heteroatoms. The molecule has 0 aliphatic carbocycles. The van der Waals surface area contributed by atoms with E-state index in [0.717, 1.165) is 11.3 Å². The minimum absolute atomic E-state index is 0.0390. The molecule has 0 amide bonds. The number of nitrogens with one attached hydrogen (secondary N) is 1. The van der Waals surface area contributed by atoms with Crippen LogP contribution >= 0.6 is 15.9 Å². The Morgan fingerprint density at radius 1 is 1.33 bits per heavy atom. The van der Waals surface area contributed by atoms with Crippen molar-refractivity contribution in [3.05, 3.63) is 52.0 Å². The first-order valence-corrected chi connectivity index (χ1v) is 7.97. The number of aromatic hydroxyl groups is 1. The molecule has 0 fully saturated rings. The van der Waals surface area contributed by atoms with E-state index < -0.39 is 0 Å². The number of nitrogens with zero attached hydrogens (tertiary/aromatic N) is 1. The van der Waals surface area contributed by atoms with Gasteiger partial charge in [-0.3, -0.25) is 5.43 Å². The van der Waals surface area contributed by atoms with Crippen LogP contribution in [0.5, 0.6) is 11.5 Å². The van der Waals surface area contributed by atoms with E-state index in [4.69, 9.17) is 9.47 Å². The lowest BCUT2D eigenvalue weighted by molar-refractivity contribution is 0.0526. The lowest BCUT2D eigenvalue weighted by atomic mass is 10.2. The Hall–Kier alpha value is -2.54. The molecule has 0 aliphatic heterocycles. The first-order chi connectivity index (χ1) is 11.5. The molecule has 0 aliphatic rings. The lowest BCUT2D eigenvalue weighted by Gasteiger charge is -2.06. The highest BCUT2D eigenvalue weighted by molar-refractivity contribution is 9.10. The lowest BCUT2D eigenvalue weighted by Crippen LogP contribution is -2.04. The molecule has 6 nitrogen and oxygen atoms in total. The molecule has 0 saturated carbocycles. The molecule has 0 spiro atoms. The fourth-order valence-electron chi connectivity index (χ4n) is 1.90. The van der Waals surface area contributed by atoms with Gasteiger partial charge in [-0.15, -0.1) is 0 Å². The highest BCUT2D eigenvalue weighted by atomic mass is 79.9. The van der Waals surface area contributed by atoms with Crippen molar-refractivity contribution in [2.45, 2.75) is 6.92 Å². The van der Waals surface area contributed by atoms with Gasteiger partial charge in [0.1, 0.15) is 0 Å². The monoisotopic (exact) mass is 392 g/mol. The van der Waals surface area contributed by atoms with Crippen LogP contribution in [0.1, 0.15) is 22.8 Å². The van der Waals surface area contributed by atoms with Crippen LogP contribution in [0.2, 0.25) is 0 Å². The summed E-state index contributed by atoms with van der Waals surface area (Å²) in [6, 6.07) is 10.2. The van der Waals surface area contributed by atoms with Crippen LogP contribution < -0.4 is 10.2 Å². The zero-order chi connectivity index (χ0) is 17.5. The Labute approximate surface area is 148 Å². The molecule has 126 valence electrons. The van der Waals surface area contributed by atoms with E-state index in [1.165, 1.54) is 7.11 Å². The Morgan fingerprint density at radius 2 is 2.04 bits per heavy atom. The van der Waals surface area contributed by atoms with Gasteiger partial charge in [0.2, 0.25) is 0 Å². The van der Waals surface area contributed by atoms with Crippen molar-refractivity contribution < 1.29 is 19.4 Å². The van der Waals surface area contributed by atoms with Gasteiger partial charge in [-0.1, -0.05) is 0 Å². The maximum atomic E-state index is 11.6. The summed E-state index contributed by atoms with van der Waals surface area (Å²) in [5.41, 5.74) is 4.82. The fourth-order valence-corrected chi connectivity index (χ4v) is 2.36. The average Bonchev–Trinajstić information content (AvgIpc) is 2.58. The van der Waals surface area contributed by atoms with Crippen molar-refractivity contribution in [2.75, 3.05) is 19.1 Å². The second kappa shape index (κ2) is 8.35. The molecule has 2 rings (SSSR count). The summed E-state index contributed by atoms with van der Waals surface area (Å²) in [6.45, 7) is 2.11. The van der Waals surface area contributed by atoms with Crippen LogP contribution in [0.25, 0.3) is 0 Å². The van der Waals surface area contributed by atoms with Gasteiger partial charge in [-0.25, -0.2) is 4.79 Å². The van der Waals surface area contributed by atoms with Crippen molar-refractivity contribution in [3.8, 4) is 11.5 Å². The smallest absolute Gasteiger partial charge is 0.338 e. The number of carbonyl (C=O) groups excluding carboxylic acids is 1. The van der Waals surface area contributed by atoms with Gasteiger partial charge in [0.25, 0.3) is 0 Å². The number of phenols is 1. The van der Waals surface area contributed by atoms with Gasteiger partial charge in [0, 0.05) is 0 Å². The zero-order valence-electron chi connectivity index (χ0n) is 13.2. The number of carbonyl (C=O) groups is 1. The normalized spacial score (nSPS) is 10.6. The molecule has 0 atom stereocenters. The molecular weight excluding hydrogens is 376 g/mol. The van der Waals surface area contributed by atoms with E-state index in [-0.39, 0.29) is 11.7 Å². The van der Waals surface area contributed by atoms with Crippen LogP contribution in [-0.2, 0) is 4.74 Å². The number of hydrazone groups is 1. The van der Waals surface area contributed by atoms with E-state index in [2.05, 4.69) is 26.5 Å². The largest absolute Gasteiger partial charge is 0.503 e. The second-order valence-corrected chi connectivity index (χ2v) is 5.58. The van der Waals surface area contributed by atoms with E-state index in [9.17, 15) is 9.90 Å². The van der Waals surface area contributed by atoms with E-state index in [1.807, 2.05) is 0 Å². The van der Waals surface area contributed by atoms with Gasteiger partial charge in [-0.2, -0.15) is 5.10 Å². The predicted octanol–water partition coefficient (Wildman–Crippen LogP) is 3.79. The van der Waals surface area contributed by atoms with Crippen LogP contribution in [0.15, 0.2) is 46.0 Å². The molecule has 0 aromatic heterocycles. The minimum atomic E-state index is -0.353. The van der Waals surface area contributed by atoms with E-state index in [1.54, 1.807) is 49.5 Å². The second-order valence-electron chi connectivity index (χ2n) is 4.72. The van der Waals surface area contributed by atoms with Crippen molar-refractivity contribution in [1.82, 2.24) is 0 Å². The van der Waals surface area contributed by atoms with Gasteiger partial charge < -0.3 is 14.6 Å². The fraction of sp³-hybridized carbons (Fsp3) is 0.176. The quantitative estimate of drug-likeness (QED) is 0.444. The maximum Gasteiger partial charge on any atom is 0.338 e. The van der Waals surface area contributed by atoms with E-state index in [0.29, 0.717) is 22.4 Å². The Kier molecular flexibility index (Phi) is 6.20. The number of hydrogen-bond acceptors (Lipinski definition) is 6. The summed E-state index contributed by atoms with van der Waals surface area (Å²) in [4.78, 5) is 11.6. The summed E-state index contributed by atoms with van der Waals surface area (Å²) in [5.74, 6) is 0.0374. The van der Waals surface area contributed by atoms with Gasteiger partial charge in [0.15, 0.2) is 11.5 Å². The first kappa shape index (κ1) is 17.8. The average molecular weight is 393 g/mol. The summed E-state index contributed by atoms with van der Waals surface area (Å²) >= 11 is 3.25. The summed E-state index contributed by atoms with van der Waals surface area (Å²) < 4.78 is 10.5. The van der Waals surface area contributed by atoms with Gasteiger partial charge >= 0.3 is 5.97 Å². The van der Waals surface area contributed by atoms with Crippen LogP contribution in [0.4, 0.5) is 5.69 Å². The maximum absolute atomic E-state index is 11.6. The Bertz CT molecular complexity index is 745. The number of ether oxygens (including phenoxy) is 2. The topological polar surface area (TPSA) is 80.2 Å².